The summed E-state index contributed by atoms with van der Waals surface area (Å²) in [5.41, 5.74) is 4.31. The van der Waals surface area contributed by atoms with Gasteiger partial charge in [0.2, 0.25) is 0 Å². The summed E-state index contributed by atoms with van der Waals surface area (Å²) >= 11 is 5.00. The van der Waals surface area contributed by atoms with Crippen LogP contribution in [0.2, 0.25) is 0 Å². The maximum Gasteiger partial charge on any atom is 0.131 e. The number of hydrogen-bond donors (Lipinski definition) is 0. The highest BCUT2D eigenvalue weighted by Gasteiger charge is 2.07. The number of ether oxygens (including phenoxy) is 1. The first-order valence-corrected chi connectivity index (χ1v) is 10.1. The molecule has 0 amide bonds. The van der Waals surface area contributed by atoms with Gasteiger partial charge in [-0.15, -0.1) is 22.7 Å². The number of nitrogens with zero attached hydrogens (tertiary/aromatic N) is 2. The Labute approximate surface area is 152 Å². The highest BCUT2D eigenvalue weighted by Crippen LogP contribution is 2.27. The molecule has 0 aliphatic heterocycles. The van der Waals surface area contributed by atoms with E-state index < -0.39 is 0 Å². The summed E-state index contributed by atoms with van der Waals surface area (Å²) in [5, 5.41) is 10.4. The fourth-order valence-corrected chi connectivity index (χ4v) is 4.55. The van der Waals surface area contributed by atoms with E-state index in [0.29, 0.717) is 6.61 Å². The number of aromatic nitrogens is 2. The van der Waals surface area contributed by atoms with E-state index in [9.17, 15) is 0 Å². The van der Waals surface area contributed by atoms with Crippen LogP contribution in [0.1, 0.15) is 11.4 Å². The second-order valence-electron chi connectivity index (χ2n) is 5.26. The number of hydrogen-bond acceptors (Lipinski definition) is 6. The SMILES string of the molecule is Cc1csc(-c2ccc(OCc3csc(-c4ccsc4)n3)cc2)n1. The Bertz CT molecular complexity index is 924. The van der Waals surface area contributed by atoms with E-state index >= 15 is 0 Å². The molecule has 0 saturated heterocycles. The first-order valence-electron chi connectivity index (χ1n) is 7.40. The minimum absolute atomic E-state index is 0.482. The zero-order valence-corrected chi connectivity index (χ0v) is 15.4. The topological polar surface area (TPSA) is 35.0 Å². The van der Waals surface area contributed by atoms with Crippen LogP contribution in [-0.2, 0) is 6.61 Å². The Morgan fingerprint density at radius 3 is 2.38 bits per heavy atom. The molecule has 1 aromatic carbocycles. The predicted molar refractivity (Wildman–Crippen MR) is 102 cm³/mol. The van der Waals surface area contributed by atoms with Gasteiger partial charge in [-0.3, -0.25) is 0 Å². The molecule has 0 spiro atoms. The van der Waals surface area contributed by atoms with Crippen LogP contribution >= 0.6 is 34.0 Å². The molecule has 6 heteroatoms. The van der Waals surface area contributed by atoms with Gasteiger partial charge in [0, 0.05) is 33.0 Å². The Hall–Kier alpha value is -2.02. The summed E-state index contributed by atoms with van der Waals surface area (Å²) in [6.07, 6.45) is 0. The average Bonchev–Trinajstić information content (AvgIpc) is 3.34. The van der Waals surface area contributed by atoms with Crippen LogP contribution < -0.4 is 4.74 Å². The van der Waals surface area contributed by atoms with Crippen LogP contribution in [0.15, 0.2) is 51.9 Å². The molecule has 120 valence electrons. The normalized spacial score (nSPS) is 10.9. The van der Waals surface area contributed by atoms with Crippen molar-refractivity contribution in [2.45, 2.75) is 13.5 Å². The molecule has 0 bridgehead atoms. The molecule has 3 nitrogen and oxygen atoms in total. The number of aryl methyl sites for hydroxylation is 1. The van der Waals surface area contributed by atoms with Crippen LogP contribution in [-0.4, -0.2) is 9.97 Å². The molecule has 3 aromatic heterocycles. The second kappa shape index (κ2) is 6.84. The minimum atomic E-state index is 0.482. The summed E-state index contributed by atoms with van der Waals surface area (Å²) in [5.74, 6) is 0.845. The Morgan fingerprint density at radius 2 is 1.67 bits per heavy atom. The molecule has 4 aromatic rings. The van der Waals surface area contributed by atoms with Gasteiger partial charge < -0.3 is 4.74 Å². The van der Waals surface area contributed by atoms with Gasteiger partial charge in [0.25, 0.3) is 0 Å². The maximum atomic E-state index is 5.85. The summed E-state index contributed by atoms with van der Waals surface area (Å²) in [7, 11) is 0. The van der Waals surface area contributed by atoms with E-state index in [4.69, 9.17) is 4.74 Å². The molecule has 0 N–H and O–H groups in total. The van der Waals surface area contributed by atoms with Crippen molar-refractivity contribution in [2.24, 2.45) is 0 Å². The zero-order valence-electron chi connectivity index (χ0n) is 12.9. The van der Waals surface area contributed by atoms with Crippen LogP contribution in [0.25, 0.3) is 21.1 Å². The number of rotatable bonds is 5. The summed E-state index contributed by atoms with van der Waals surface area (Å²) in [4.78, 5) is 9.13. The minimum Gasteiger partial charge on any atom is -0.487 e. The molecule has 0 saturated carbocycles. The fraction of sp³-hybridized carbons (Fsp3) is 0.111. The smallest absolute Gasteiger partial charge is 0.131 e. The van der Waals surface area contributed by atoms with Gasteiger partial charge in [-0.25, -0.2) is 9.97 Å². The third-order valence-corrected chi connectivity index (χ3v) is 6.06. The Balaban J connectivity index is 1.41. The number of thiophene rings is 1. The lowest BCUT2D eigenvalue weighted by molar-refractivity contribution is 0.302. The molecule has 0 aliphatic carbocycles. The van der Waals surface area contributed by atoms with E-state index in [0.717, 1.165) is 32.7 Å². The molecule has 3 heterocycles. The molecule has 0 radical (unpaired) electrons. The lowest BCUT2D eigenvalue weighted by atomic mass is 10.2. The van der Waals surface area contributed by atoms with Crippen molar-refractivity contribution >= 4 is 34.0 Å². The second-order valence-corrected chi connectivity index (χ2v) is 7.76. The molecule has 0 fully saturated rings. The third kappa shape index (κ3) is 3.40. The van der Waals surface area contributed by atoms with E-state index in [1.54, 1.807) is 34.0 Å². The maximum absolute atomic E-state index is 5.85. The molecular formula is C18H14N2OS3. The molecule has 4 rings (SSSR count). The lowest BCUT2D eigenvalue weighted by Gasteiger charge is -2.04. The van der Waals surface area contributed by atoms with Crippen molar-refractivity contribution in [2.75, 3.05) is 0 Å². The number of benzene rings is 1. The van der Waals surface area contributed by atoms with Crippen molar-refractivity contribution in [3.05, 3.63) is 63.2 Å². The molecule has 24 heavy (non-hydrogen) atoms. The van der Waals surface area contributed by atoms with Crippen molar-refractivity contribution in [1.29, 1.82) is 0 Å². The quantitative estimate of drug-likeness (QED) is 0.440. The molecule has 0 aliphatic rings. The van der Waals surface area contributed by atoms with Crippen molar-refractivity contribution in [1.82, 2.24) is 9.97 Å². The zero-order chi connectivity index (χ0) is 16.4. The van der Waals surface area contributed by atoms with E-state index in [-0.39, 0.29) is 0 Å². The number of thiazole rings is 2. The Kier molecular flexibility index (Phi) is 4.42. The van der Waals surface area contributed by atoms with Gasteiger partial charge in [0.1, 0.15) is 22.4 Å². The highest BCUT2D eigenvalue weighted by atomic mass is 32.1. The van der Waals surface area contributed by atoms with Gasteiger partial charge in [0.15, 0.2) is 0 Å². The van der Waals surface area contributed by atoms with Crippen molar-refractivity contribution in [3.8, 4) is 26.9 Å². The molecular weight excluding hydrogens is 356 g/mol. The Morgan fingerprint density at radius 1 is 0.875 bits per heavy atom. The van der Waals surface area contributed by atoms with Crippen molar-refractivity contribution < 1.29 is 4.74 Å². The molecule has 0 unspecified atom stereocenters. The van der Waals surface area contributed by atoms with Gasteiger partial charge in [-0.1, -0.05) is 0 Å². The first-order chi connectivity index (χ1) is 11.8. The van der Waals surface area contributed by atoms with E-state index in [1.807, 2.05) is 31.2 Å². The largest absolute Gasteiger partial charge is 0.487 e. The van der Waals surface area contributed by atoms with Crippen LogP contribution in [0.4, 0.5) is 0 Å². The lowest BCUT2D eigenvalue weighted by Crippen LogP contribution is -1.95. The monoisotopic (exact) mass is 370 g/mol. The fourth-order valence-electron chi connectivity index (χ4n) is 2.23. The van der Waals surface area contributed by atoms with Gasteiger partial charge >= 0.3 is 0 Å². The van der Waals surface area contributed by atoms with Crippen LogP contribution in [0.3, 0.4) is 0 Å². The summed E-state index contributed by atoms with van der Waals surface area (Å²) in [6.45, 7) is 2.49. The summed E-state index contributed by atoms with van der Waals surface area (Å²) < 4.78 is 5.85. The van der Waals surface area contributed by atoms with Gasteiger partial charge in [-0.05, 0) is 42.6 Å². The van der Waals surface area contributed by atoms with Crippen LogP contribution in [0, 0.1) is 6.92 Å². The standard InChI is InChI=1S/C18H14N2OS3/c1-12-9-23-17(19-12)13-2-4-16(5-3-13)21-8-15-11-24-18(20-15)14-6-7-22-10-14/h2-7,9-11H,8H2,1H3. The molecule has 0 atom stereocenters. The van der Waals surface area contributed by atoms with Crippen LogP contribution in [0.5, 0.6) is 5.75 Å². The average molecular weight is 371 g/mol. The van der Waals surface area contributed by atoms with E-state index in [2.05, 4.69) is 37.6 Å². The summed E-state index contributed by atoms with van der Waals surface area (Å²) in [6, 6.07) is 10.2. The third-order valence-electron chi connectivity index (χ3n) is 3.43. The highest BCUT2D eigenvalue weighted by molar-refractivity contribution is 7.14. The van der Waals surface area contributed by atoms with Crippen molar-refractivity contribution in [3.63, 3.8) is 0 Å². The first kappa shape index (κ1) is 15.5. The van der Waals surface area contributed by atoms with E-state index in [1.165, 1.54) is 5.56 Å². The van der Waals surface area contributed by atoms with Gasteiger partial charge in [0.05, 0.1) is 5.69 Å². The van der Waals surface area contributed by atoms with Gasteiger partial charge in [-0.2, -0.15) is 11.3 Å². The predicted octanol–water partition coefficient (Wildman–Crippen LogP) is 5.88.